The number of hydrogen-bond donors (Lipinski definition) is 2. The molecule has 1 aromatic heterocycles. The largest absolute Gasteiger partial charge is 0.355 e. The van der Waals surface area contributed by atoms with E-state index in [-0.39, 0.29) is 11.9 Å². The number of hydrogen-bond acceptors (Lipinski definition) is 4. The predicted molar refractivity (Wildman–Crippen MR) is 94.8 cm³/mol. The highest BCUT2D eigenvalue weighted by molar-refractivity contribution is 5.94. The van der Waals surface area contributed by atoms with Crippen LogP contribution in [0.2, 0.25) is 0 Å². The molecule has 3 rings (SSSR count). The Bertz CT molecular complexity index is 716. The molecule has 1 aliphatic heterocycles. The highest BCUT2D eigenvalue weighted by atomic mass is 16.1. The maximum atomic E-state index is 11.9. The molecule has 1 atom stereocenters. The number of carbonyl (C=O) groups excluding carboxylic acids is 1. The van der Waals surface area contributed by atoms with Crippen molar-refractivity contribution in [3.05, 3.63) is 65.0 Å². The molecule has 0 bridgehead atoms. The van der Waals surface area contributed by atoms with Gasteiger partial charge >= 0.3 is 0 Å². The summed E-state index contributed by atoms with van der Waals surface area (Å²) < 4.78 is 0. The number of rotatable bonds is 4. The van der Waals surface area contributed by atoms with Gasteiger partial charge in [0.2, 0.25) is 0 Å². The van der Waals surface area contributed by atoms with Crippen LogP contribution in [0.15, 0.2) is 42.6 Å². The topological polar surface area (TPSA) is 57.3 Å². The molecule has 0 radical (unpaired) electrons. The zero-order valence-corrected chi connectivity index (χ0v) is 14.2. The summed E-state index contributed by atoms with van der Waals surface area (Å²) in [5.74, 6) is -0.0484. The predicted octanol–water partition coefficient (Wildman–Crippen LogP) is 1.90. The molecule has 0 unspecified atom stereocenters. The quantitative estimate of drug-likeness (QED) is 0.902. The Morgan fingerprint density at radius 2 is 2.25 bits per heavy atom. The first kappa shape index (κ1) is 16.6. The summed E-state index contributed by atoms with van der Waals surface area (Å²) in [6, 6.07) is 12.2. The first-order valence-corrected chi connectivity index (χ1v) is 8.36. The Labute approximate surface area is 143 Å². The third-order valence-electron chi connectivity index (χ3n) is 4.59. The zero-order chi connectivity index (χ0) is 16.9. The van der Waals surface area contributed by atoms with E-state index in [1.54, 1.807) is 7.05 Å². The second kappa shape index (κ2) is 7.55. The summed E-state index contributed by atoms with van der Waals surface area (Å²) in [5, 5.41) is 6.16. The van der Waals surface area contributed by atoms with Crippen molar-refractivity contribution in [3.8, 4) is 0 Å². The number of aryl methyl sites for hydroxylation is 1. The first-order chi connectivity index (χ1) is 11.7. The molecule has 5 heteroatoms. The van der Waals surface area contributed by atoms with Crippen LogP contribution in [0.25, 0.3) is 0 Å². The van der Waals surface area contributed by atoms with Gasteiger partial charge in [-0.15, -0.1) is 0 Å². The van der Waals surface area contributed by atoms with Crippen LogP contribution in [0.3, 0.4) is 0 Å². The number of amides is 1. The van der Waals surface area contributed by atoms with Crippen LogP contribution in [0.5, 0.6) is 0 Å². The van der Waals surface area contributed by atoms with Gasteiger partial charge in [0.1, 0.15) is 0 Å². The number of benzene rings is 1. The minimum atomic E-state index is -0.0484. The molecule has 0 spiro atoms. The molecular formula is C19H24N4O. The van der Waals surface area contributed by atoms with Gasteiger partial charge in [0.25, 0.3) is 5.91 Å². The minimum Gasteiger partial charge on any atom is -0.355 e. The van der Waals surface area contributed by atoms with Crippen molar-refractivity contribution in [2.24, 2.45) is 0 Å². The maximum Gasteiger partial charge on any atom is 0.251 e. The van der Waals surface area contributed by atoms with Crippen LogP contribution in [0, 0.1) is 6.92 Å². The fourth-order valence-corrected chi connectivity index (χ4v) is 3.17. The maximum absolute atomic E-state index is 11.9. The van der Waals surface area contributed by atoms with E-state index in [0.717, 1.165) is 37.4 Å². The van der Waals surface area contributed by atoms with E-state index < -0.39 is 0 Å². The van der Waals surface area contributed by atoms with Gasteiger partial charge < -0.3 is 10.6 Å². The van der Waals surface area contributed by atoms with Gasteiger partial charge in [0, 0.05) is 51.0 Å². The summed E-state index contributed by atoms with van der Waals surface area (Å²) in [6.07, 6.45) is 1.85. The third kappa shape index (κ3) is 3.63. The molecule has 1 fully saturated rings. The summed E-state index contributed by atoms with van der Waals surface area (Å²) in [7, 11) is 1.66. The molecule has 24 heavy (non-hydrogen) atoms. The van der Waals surface area contributed by atoms with Gasteiger partial charge in [-0.3, -0.25) is 14.7 Å². The zero-order valence-electron chi connectivity index (χ0n) is 14.2. The molecule has 1 aliphatic rings. The van der Waals surface area contributed by atoms with E-state index in [9.17, 15) is 4.79 Å². The van der Waals surface area contributed by atoms with E-state index in [1.165, 1.54) is 5.56 Å². The molecule has 1 saturated heterocycles. The van der Waals surface area contributed by atoms with Crippen molar-refractivity contribution in [1.82, 2.24) is 20.5 Å². The van der Waals surface area contributed by atoms with Crippen molar-refractivity contribution >= 4 is 5.91 Å². The molecule has 126 valence electrons. The highest BCUT2D eigenvalue weighted by Crippen LogP contribution is 2.25. The van der Waals surface area contributed by atoms with Crippen molar-refractivity contribution in [2.75, 3.05) is 26.7 Å². The lowest BCUT2D eigenvalue weighted by atomic mass is 10.00. The molecular weight excluding hydrogens is 300 g/mol. The molecule has 1 aromatic carbocycles. The Morgan fingerprint density at radius 1 is 1.38 bits per heavy atom. The second-order valence-electron chi connectivity index (χ2n) is 6.16. The van der Waals surface area contributed by atoms with Crippen LogP contribution < -0.4 is 10.6 Å². The summed E-state index contributed by atoms with van der Waals surface area (Å²) in [5.41, 5.74) is 4.20. The number of nitrogens with one attached hydrogen (secondary N) is 2. The van der Waals surface area contributed by atoms with Crippen molar-refractivity contribution in [3.63, 3.8) is 0 Å². The van der Waals surface area contributed by atoms with Crippen molar-refractivity contribution in [2.45, 2.75) is 19.5 Å². The molecule has 0 saturated carbocycles. The number of pyridine rings is 1. The lowest BCUT2D eigenvalue weighted by Crippen LogP contribution is -2.45. The third-order valence-corrected chi connectivity index (χ3v) is 4.59. The fraction of sp³-hybridized carbons (Fsp3) is 0.368. The summed E-state index contributed by atoms with van der Waals surface area (Å²) in [4.78, 5) is 18.9. The normalized spacial score (nSPS) is 18.3. The van der Waals surface area contributed by atoms with E-state index >= 15 is 0 Å². The fourth-order valence-electron chi connectivity index (χ4n) is 3.17. The Hall–Kier alpha value is -2.24. The number of nitrogens with zero attached hydrogens (tertiary/aromatic N) is 2. The van der Waals surface area contributed by atoms with E-state index in [4.69, 9.17) is 0 Å². The SMILES string of the molecule is CNC(=O)c1cccc([C@H]2CNCCN2Cc2ncccc2C)c1. The average molecular weight is 324 g/mol. The lowest BCUT2D eigenvalue weighted by Gasteiger charge is -2.36. The first-order valence-electron chi connectivity index (χ1n) is 8.36. The standard InChI is InChI=1S/C19H24N4O/c1-14-5-4-8-22-17(14)13-23-10-9-21-12-18(23)15-6-3-7-16(11-15)19(24)20-2/h3-8,11,18,21H,9-10,12-13H2,1-2H3,(H,20,24)/t18-/m1/s1. The van der Waals surface area contributed by atoms with Gasteiger partial charge in [-0.2, -0.15) is 0 Å². The van der Waals surface area contributed by atoms with Gasteiger partial charge in [-0.1, -0.05) is 18.2 Å². The van der Waals surface area contributed by atoms with E-state index in [1.807, 2.05) is 30.5 Å². The monoisotopic (exact) mass is 324 g/mol. The van der Waals surface area contributed by atoms with Crippen LogP contribution in [-0.2, 0) is 6.54 Å². The van der Waals surface area contributed by atoms with E-state index in [0.29, 0.717) is 5.56 Å². The minimum absolute atomic E-state index is 0.0484. The Morgan fingerprint density at radius 3 is 3.04 bits per heavy atom. The lowest BCUT2D eigenvalue weighted by molar-refractivity contribution is 0.0962. The van der Waals surface area contributed by atoms with E-state index in [2.05, 4.69) is 39.6 Å². The number of carbonyl (C=O) groups is 1. The number of piperazine rings is 1. The van der Waals surface area contributed by atoms with Crippen LogP contribution in [0.1, 0.15) is 33.2 Å². The molecule has 0 aliphatic carbocycles. The Balaban J connectivity index is 1.85. The highest BCUT2D eigenvalue weighted by Gasteiger charge is 2.25. The van der Waals surface area contributed by atoms with Crippen LogP contribution >= 0.6 is 0 Å². The van der Waals surface area contributed by atoms with Gasteiger partial charge in [-0.05, 0) is 36.2 Å². The number of aromatic nitrogens is 1. The van der Waals surface area contributed by atoms with Crippen LogP contribution in [0.4, 0.5) is 0 Å². The smallest absolute Gasteiger partial charge is 0.251 e. The molecule has 1 amide bonds. The Kier molecular flexibility index (Phi) is 5.23. The van der Waals surface area contributed by atoms with Gasteiger partial charge in [0.15, 0.2) is 0 Å². The molecule has 2 aromatic rings. The molecule has 2 N–H and O–H groups in total. The van der Waals surface area contributed by atoms with Gasteiger partial charge in [0.05, 0.1) is 5.69 Å². The molecule has 2 heterocycles. The summed E-state index contributed by atoms with van der Waals surface area (Å²) >= 11 is 0. The van der Waals surface area contributed by atoms with Gasteiger partial charge in [-0.25, -0.2) is 0 Å². The summed E-state index contributed by atoms with van der Waals surface area (Å²) in [6.45, 7) is 5.74. The molecule has 5 nitrogen and oxygen atoms in total. The second-order valence-corrected chi connectivity index (χ2v) is 6.16. The van der Waals surface area contributed by atoms with Crippen molar-refractivity contribution in [1.29, 1.82) is 0 Å². The van der Waals surface area contributed by atoms with Crippen molar-refractivity contribution < 1.29 is 4.79 Å². The van der Waals surface area contributed by atoms with Crippen LogP contribution in [-0.4, -0.2) is 42.5 Å². The average Bonchev–Trinajstić information content (AvgIpc) is 2.63.